The molecule has 0 unspecified atom stereocenters. The molecule has 138 valence electrons. The molecule has 0 aliphatic heterocycles. The molecule has 0 atom stereocenters. The lowest BCUT2D eigenvalue weighted by molar-refractivity contribution is -0.117. The van der Waals surface area contributed by atoms with Gasteiger partial charge in [-0.05, 0) is 42.3 Å². The zero-order valence-corrected chi connectivity index (χ0v) is 14.7. The summed E-state index contributed by atoms with van der Waals surface area (Å²) in [5.41, 5.74) is 1.76. The van der Waals surface area contributed by atoms with Crippen LogP contribution in [0.5, 0.6) is 5.75 Å². The number of benzene rings is 2. The third-order valence-corrected chi connectivity index (χ3v) is 3.67. The third-order valence-electron chi connectivity index (χ3n) is 3.67. The second kappa shape index (κ2) is 9.63. The normalized spacial score (nSPS) is 10.6. The lowest BCUT2D eigenvalue weighted by atomic mass is 10.1. The van der Waals surface area contributed by atoms with Gasteiger partial charge in [0.15, 0.2) is 0 Å². The van der Waals surface area contributed by atoms with Gasteiger partial charge < -0.3 is 20.5 Å². The summed E-state index contributed by atoms with van der Waals surface area (Å²) >= 11 is 0. The molecule has 3 N–H and O–H groups in total. The molecule has 2 aromatic carbocycles. The average molecular weight is 365 g/mol. The van der Waals surface area contributed by atoms with Crippen molar-refractivity contribution >= 4 is 17.6 Å². The summed E-state index contributed by atoms with van der Waals surface area (Å²) in [5, 5.41) is 23.9. The molecule has 0 fully saturated rings. The first-order chi connectivity index (χ1) is 13.0. The minimum absolute atomic E-state index is 0.0934. The average Bonchev–Trinajstić information content (AvgIpc) is 2.69. The standard InChI is InChI=1S/C20H19N3O4/c1-27-20(26)15-3-2-4-17(11-15)23-13-16(12-21)19(25)22-10-9-14-5-7-18(24)8-6-14/h2-8,11,13,23-24H,9-10H2,1H3,(H,22,25)/b16-13-. The van der Waals surface area contributed by atoms with E-state index in [9.17, 15) is 20.0 Å². The molecule has 27 heavy (non-hydrogen) atoms. The van der Waals surface area contributed by atoms with E-state index in [-0.39, 0.29) is 11.3 Å². The fourth-order valence-electron chi connectivity index (χ4n) is 2.24. The van der Waals surface area contributed by atoms with Crippen molar-refractivity contribution in [2.75, 3.05) is 19.0 Å². The van der Waals surface area contributed by atoms with E-state index in [0.29, 0.717) is 24.2 Å². The number of nitriles is 1. The Bertz CT molecular complexity index is 883. The number of amides is 1. The summed E-state index contributed by atoms with van der Waals surface area (Å²) in [6.07, 6.45) is 1.85. The van der Waals surface area contributed by atoms with Gasteiger partial charge in [0.1, 0.15) is 17.4 Å². The van der Waals surface area contributed by atoms with E-state index in [4.69, 9.17) is 0 Å². The predicted octanol–water partition coefficient (Wildman–Crippen LogP) is 2.36. The van der Waals surface area contributed by atoms with Crippen molar-refractivity contribution in [3.63, 3.8) is 0 Å². The lowest BCUT2D eigenvalue weighted by Crippen LogP contribution is -2.27. The number of rotatable bonds is 7. The monoisotopic (exact) mass is 365 g/mol. The van der Waals surface area contributed by atoms with E-state index < -0.39 is 11.9 Å². The van der Waals surface area contributed by atoms with Crippen LogP contribution in [0.2, 0.25) is 0 Å². The van der Waals surface area contributed by atoms with Crippen molar-refractivity contribution in [2.24, 2.45) is 0 Å². The van der Waals surface area contributed by atoms with Crippen molar-refractivity contribution < 1.29 is 19.4 Å². The highest BCUT2D eigenvalue weighted by Gasteiger charge is 2.09. The van der Waals surface area contributed by atoms with Gasteiger partial charge in [-0.1, -0.05) is 18.2 Å². The molecule has 0 saturated heterocycles. The number of hydrogen-bond acceptors (Lipinski definition) is 6. The maximum atomic E-state index is 12.1. The van der Waals surface area contributed by atoms with Crippen LogP contribution in [0.25, 0.3) is 0 Å². The van der Waals surface area contributed by atoms with Gasteiger partial charge in [-0.3, -0.25) is 4.79 Å². The summed E-state index contributed by atoms with van der Waals surface area (Å²) < 4.78 is 4.65. The fourth-order valence-corrected chi connectivity index (χ4v) is 2.24. The number of esters is 1. The fraction of sp³-hybridized carbons (Fsp3) is 0.150. The summed E-state index contributed by atoms with van der Waals surface area (Å²) in [4.78, 5) is 23.6. The van der Waals surface area contributed by atoms with Crippen molar-refractivity contribution in [3.8, 4) is 11.8 Å². The molecule has 2 aromatic rings. The minimum Gasteiger partial charge on any atom is -0.508 e. The Morgan fingerprint density at radius 1 is 1.22 bits per heavy atom. The zero-order chi connectivity index (χ0) is 19.6. The van der Waals surface area contributed by atoms with Gasteiger partial charge in [0.2, 0.25) is 0 Å². The molecule has 0 saturated carbocycles. The highest BCUT2D eigenvalue weighted by molar-refractivity contribution is 5.97. The first kappa shape index (κ1) is 19.5. The number of nitrogens with zero attached hydrogens (tertiary/aromatic N) is 1. The van der Waals surface area contributed by atoms with Gasteiger partial charge in [0, 0.05) is 18.4 Å². The Hall–Kier alpha value is -3.79. The van der Waals surface area contributed by atoms with Crippen molar-refractivity contribution in [2.45, 2.75) is 6.42 Å². The predicted molar refractivity (Wildman–Crippen MR) is 99.9 cm³/mol. The van der Waals surface area contributed by atoms with E-state index in [1.165, 1.54) is 13.3 Å². The van der Waals surface area contributed by atoms with Gasteiger partial charge >= 0.3 is 5.97 Å². The molecule has 7 nitrogen and oxygen atoms in total. The van der Waals surface area contributed by atoms with E-state index in [1.54, 1.807) is 48.5 Å². The van der Waals surface area contributed by atoms with Crippen LogP contribution in [0.15, 0.2) is 60.3 Å². The number of aromatic hydroxyl groups is 1. The van der Waals surface area contributed by atoms with E-state index >= 15 is 0 Å². The molecule has 0 heterocycles. The molecule has 0 bridgehead atoms. The second-order valence-corrected chi connectivity index (χ2v) is 5.56. The minimum atomic E-state index is -0.507. The van der Waals surface area contributed by atoms with Crippen LogP contribution in [0, 0.1) is 11.3 Å². The molecule has 1 amide bonds. The maximum absolute atomic E-state index is 12.1. The molecule has 7 heteroatoms. The molecular weight excluding hydrogens is 346 g/mol. The molecule has 0 aromatic heterocycles. The van der Waals surface area contributed by atoms with Crippen molar-refractivity contribution in [3.05, 3.63) is 71.4 Å². The second-order valence-electron chi connectivity index (χ2n) is 5.56. The first-order valence-corrected chi connectivity index (χ1v) is 8.15. The molecule has 0 radical (unpaired) electrons. The van der Waals surface area contributed by atoms with E-state index in [1.807, 2.05) is 6.07 Å². The number of methoxy groups -OCH3 is 1. The number of nitrogens with one attached hydrogen (secondary N) is 2. The first-order valence-electron chi connectivity index (χ1n) is 8.15. The molecule has 0 spiro atoms. The Balaban J connectivity index is 1.93. The largest absolute Gasteiger partial charge is 0.508 e. The zero-order valence-electron chi connectivity index (χ0n) is 14.7. The van der Waals surface area contributed by atoms with Gasteiger partial charge in [-0.2, -0.15) is 5.26 Å². The summed E-state index contributed by atoms with van der Waals surface area (Å²) in [5.74, 6) is -0.803. The molecule has 2 rings (SSSR count). The van der Waals surface area contributed by atoms with Crippen LogP contribution in [0.4, 0.5) is 5.69 Å². The number of anilines is 1. The Kier molecular flexibility index (Phi) is 6.97. The van der Waals surface area contributed by atoms with Crippen LogP contribution < -0.4 is 10.6 Å². The Morgan fingerprint density at radius 3 is 2.63 bits per heavy atom. The lowest BCUT2D eigenvalue weighted by Gasteiger charge is -2.06. The van der Waals surface area contributed by atoms with Crippen LogP contribution in [0.1, 0.15) is 15.9 Å². The van der Waals surface area contributed by atoms with Crippen LogP contribution in [0.3, 0.4) is 0 Å². The highest BCUT2D eigenvalue weighted by atomic mass is 16.5. The molecule has 0 aliphatic carbocycles. The van der Waals surface area contributed by atoms with E-state index in [2.05, 4.69) is 15.4 Å². The quantitative estimate of drug-likeness (QED) is 0.395. The topological polar surface area (TPSA) is 111 Å². The Morgan fingerprint density at radius 2 is 1.96 bits per heavy atom. The van der Waals surface area contributed by atoms with Crippen LogP contribution in [-0.2, 0) is 16.0 Å². The SMILES string of the molecule is COC(=O)c1cccc(N/C=C(/C#N)C(=O)NCCc2ccc(O)cc2)c1. The van der Waals surface area contributed by atoms with E-state index in [0.717, 1.165) is 5.56 Å². The summed E-state index contributed by atoms with van der Waals surface area (Å²) in [6.45, 7) is 0.348. The number of carbonyl (C=O) groups is 2. The Labute approximate surface area is 156 Å². The number of carbonyl (C=O) groups excluding carboxylic acids is 2. The van der Waals surface area contributed by atoms with Crippen molar-refractivity contribution in [1.82, 2.24) is 5.32 Å². The van der Waals surface area contributed by atoms with Crippen molar-refractivity contribution in [1.29, 1.82) is 5.26 Å². The van der Waals surface area contributed by atoms with Crippen LogP contribution in [-0.4, -0.2) is 30.6 Å². The highest BCUT2D eigenvalue weighted by Crippen LogP contribution is 2.12. The van der Waals surface area contributed by atoms with Gasteiger partial charge in [0.05, 0.1) is 12.7 Å². The maximum Gasteiger partial charge on any atom is 0.337 e. The smallest absolute Gasteiger partial charge is 0.337 e. The summed E-state index contributed by atoms with van der Waals surface area (Å²) in [7, 11) is 1.29. The third kappa shape index (κ3) is 5.90. The van der Waals surface area contributed by atoms with Crippen LogP contribution >= 0.6 is 0 Å². The molecule has 0 aliphatic rings. The number of ether oxygens (including phenoxy) is 1. The van der Waals surface area contributed by atoms with Gasteiger partial charge in [-0.25, -0.2) is 4.79 Å². The number of phenolic OH excluding ortho intramolecular Hbond substituents is 1. The van der Waals surface area contributed by atoms with Gasteiger partial charge in [-0.15, -0.1) is 0 Å². The van der Waals surface area contributed by atoms with Gasteiger partial charge in [0.25, 0.3) is 5.91 Å². The molecular formula is C20H19N3O4. The number of hydrogen-bond donors (Lipinski definition) is 3. The summed E-state index contributed by atoms with van der Waals surface area (Å²) in [6, 6.07) is 15.0. The number of phenols is 1.